The highest BCUT2D eigenvalue weighted by molar-refractivity contribution is 7.00. The quantitative estimate of drug-likeness (QED) is 0.325. The minimum atomic E-state index is -3.05. The van der Waals surface area contributed by atoms with Crippen molar-refractivity contribution in [2.24, 2.45) is 5.29 Å². The average Bonchev–Trinajstić information content (AvgIpc) is 2.64. The summed E-state index contributed by atoms with van der Waals surface area (Å²) in [6.07, 6.45) is -0.769. The van der Waals surface area contributed by atoms with E-state index in [1.807, 2.05) is 81.4 Å². The van der Waals surface area contributed by atoms with Crippen molar-refractivity contribution in [2.45, 2.75) is 25.8 Å². The van der Waals surface area contributed by atoms with Crippen LogP contribution in [0.1, 0.15) is 20.8 Å². The lowest BCUT2D eigenvalue weighted by atomic mass is 10.2. The second-order valence-corrected chi connectivity index (χ2v) is 11.5. The topological polar surface area (TPSA) is 59.0 Å². The summed E-state index contributed by atoms with van der Waals surface area (Å²) in [4.78, 5) is 23.8. The van der Waals surface area contributed by atoms with Gasteiger partial charge in [-0.15, -0.1) is 16.5 Å². The van der Waals surface area contributed by atoms with Gasteiger partial charge >= 0.3 is 14.4 Å². The molecular weight excluding hydrogens is 368 g/mol. The van der Waals surface area contributed by atoms with Crippen LogP contribution >= 0.6 is 11.6 Å². The van der Waals surface area contributed by atoms with Crippen LogP contribution in [0, 0.1) is 4.91 Å². The highest BCUT2D eigenvalue weighted by atomic mass is 35.5. The van der Waals surface area contributed by atoms with E-state index < -0.39 is 14.4 Å². The van der Waals surface area contributed by atoms with Crippen LogP contribution in [0.3, 0.4) is 0 Å². The Morgan fingerprint density at radius 1 is 1.04 bits per heavy atom. The van der Waals surface area contributed by atoms with Gasteiger partial charge in [0, 0.05) is 5.88 Å². The minimum absolute atomic E-state index is 0.00207. The van der Waals surface area contributed by atoms with Crippen molar-refractivity contribution in [3.05, 3.63) is 65.6 Å². The maximum atomic E-state index is 12.8. The van der Waals surface area contributed by atoms with E-state index in [4.69, 9.17) is 16.0 Å². The Labute approximate surface area is 160 Å². The van der Waals surface area contributed by atoms with E-state index in [0.717, 1.165) is 15.4 Å². The fourth-order valence-corrected chi connectivity index (χ4v) is 7.54. The van der Waals surface area contributed by atoms with Crippen LogP contribution in [0.4, 0.5) is 4.79 Å². The molecule has 0 fully saturated rings. The molecule has 0 unspecified atom stereocenters. The number of halogens is 1. The number of rotatable bonds is 6. The van der Waals surface area contributed by atoms with Gasteiger partial charge in [-0.3, -0.25) is 0 Å². The highest BCUT2D eigenvalue weighted by Crippen LogP contribution is 2.37. The molecule has 0 heterocycles. The van der Waals surface area contributed by atoms with E-state index in [1.165, 1.54) is 0 Å². The van der Waals surface area contributed by atoms with Crippen LogP contribution in [0.15, 0.2) is 65.9 Å². The molecule has 0 radical (unpaired) electrons. The molecule has 0 saturated heterocycles. The Morgan fingerprint density at radius 3 is 1.85 bits per heavy atom. The lowest BCUT2D eigenvalue weighted by Gasteiger charge is -2.42. The first-order valence-corrected chi connectivity index (χ1v) is 10.8. The third-order valence-corrected chi connectivity index (χ3v) is 9.32. The maximum absolute atomic E-state index is 12.8. The summed E-state index contributed by atoms with van der Waals surface area (Å²) in [6.45, 7) is 6.15. The van der Waals surface area contributed by atoms with Gasteiger partial charge in [-0.1, -0.05) is 81.4 Å². The van der Waals surface area contributed by atoms with Gasteiger partial charge < -0.3 is 4.43 Å². The summed E-state index contributed by atoms with van der Waals surface area (Å²) < 4.78 is 6.15. The molecule has 1 amide bonds. The van der Waals surface area contributed by atoms with Crippen molar-refractivity contribution in [3.63, 3.8) is 0 Å². The van der Waals surface area contributed by atoms with Crippen LogP contribution in [0.25, 0.3) is 0 Å². The Hall–Kier alpha value is -2.18. The van der Waals surface area contributed by atoms with E-state index in [2.05, 4.69) is 5.29 Å². The molecule has 0 spiro atoms. The fraction of sp³-hybridized carbons (Fsp3) is 0.316. The molecule has 2 rings (SSSR count). The van der Waals surface area contributed by atoms with Crippen molar-refractivity contribution < 1.29 is 9.22 Å². The number of amides is 1. The zero-order valence-corrected chi connectivity index (χ0v) is 16.9. The number of nitroso groups, excluding NO2 is 1. The molecule has 7 heteroatoms. The molecule has 0 aromatic heterocycles. The smallest absolute Gasteiger partial charge is 0.420 e. The molecule has 0 aliphatic rings. The van der Waals surface area contributed by atoms with Gasteiger partial charge in [-0.2, -0.15) is 5.01 Å². The van der Waals surface area contributed by atoms with E-state index in [-0.39, 0.29) is 17.5 Å². The Kier molecular flexibility index (Phi) is 6.56. The van der Waals surface area contributed by atoms with Gasteiger partial charge in [0.25, 0.3) is 0 Å². The van der Waals surface area contributed by atoms with Crippen molar-refractivity contribution in [1.82, 2.24) is 5.01 Å². The molecule has 138 valence electrons. The van der Waals surface area contributed by atoms with Crippen LogP contribution in [-0.2, 0) is 4.43 Å². The molecule has 26 heavy (non-hydrogen) atoms. The number of hydrogen-bond donors (Lipinski definition) is 0. The van der Waals surface area contributed by atoms with Crippen molar-refractivity contribution >= 4 is 36.4 Å². The number of alkyl halides is 1. The summed E-state index contributed by atoms with van der Waals surface area (Å²) in [7, 11) is -3.05. The van der Waals surface area contributed by atoms with E-state index in [1.54, 1.807) is 0 Å². The van der Waals surface area contributed by atoms with Crippen molar-refractivity contribution in [2.75, 3.05) is 12.4 Å². The van der Waals surface area contributed by atoms with Gasteiger partial charge in [0.05, 0.1) is 11.8 Å². The molecule has 0 bridgehead atoms. The number of hydrogen-bond acceptors (Lipinski definition) is 4. The normalized spacial score (nSPS) is 11.7. The lowest BCUT2D eigenvalue weighted by molar-refractivity contribution is 0.152. The average molecular weight is 391 g/mol. The highest BCUT2D eigenvalue weighted by Gasteiger charge is 2.53. The molecule has 2 aromatic rings. The van der Waals surface area contributed by atoms with Crippen LogP contribution in [-0.4, -0.2) is 31.8 Å². The second kappa shape index (κ2) is 8.47. The molecule has 0 N–H and O–H groups in total. The molecule has 0 saturated carbocycles. The standard InChI is InChI=1S/C19H23ClN2O3Si/c1-19(2,3)26(16-10-6-4-7-11-16,17-12-8-5-9-13-17)25-18(23)22(21-24)15-14-20/h4-13H,14-15H2,1-3H3. The first-order valence-electron chi connectivity index (χ1n) is 8.37. The van der Waals surface area contributed by atoms with Gasteiger partial charge in [0.2, 0.25) is 0 Å². The minimum Gasteiger partial charge on any atom is -0.493 e. The summed E-state index contributed by atoms with van der Waals surface area (Å²) in [5.41, 5.74) is 0. The van der Waals surface area contributed by atoms with E-state index in [0.29, 0.717) is 0 Å². The lowest BCUT2D eigenvalue weighted by Crippen LogP contribution is -2.68. The first-order chi connectivity index (χ1) is 12.4. The second-order valence-electron chi connectivity index (χ2n) is 6.92. The molecule has 5 nitrogen and oxygen atoms in total. The third kappa shape index (κ3) is 3.97. The monoisotopic (exact) mass is 390 g/mol. The van der Waals surface area contributed by atoms with Gasteiger partial charge in [-0.05, 0) is 15.4 Å². The molecule has 0 atom stereocenters. The van der Waals surface area contributed by atoms with Crippen molar-refractivity contribution in [3.8, 4) is 0 Å². The SMILES string of the molecule is CC(C)(C)[Si](OC(=O)N(CCCl)N=O)(c1ccccc1)c1ccccc1. The molecule has 2 aromatic carbocycles. The van der Waals surface area contributed by atoms with Crippen LogP contribution in [0.5, 0.6) is 0 Å². The summed E-state index contributed by atoms with van der Waals surface area (Å²) in [5, 5.41) is 5.04. The van der Waals surface area contributed by atoms with Gasteiger partial charge in [0.15, 0.2) is 0 Å². The van der Waals surface area contributed by atoms with Crippen LogP contribution in [0.2, 0.25) is 5.04 Å². The Balaban J connectivity index is 2.64. The Morgan fingerprint density at radius 2 is 1.50 bits per heavy atom. The van der Waals surface area contributed by atoms with E-state index in [9.17, 15) is 9.70 Å². The predicted molar refractivity (Wildman–Crippen MR) is 107 cm³/mol. The maximum Gasteiger partial charge on any atom is 0.420 e. The fourth-order valence-electron chi connectivity index (χ4n) is 3.08. The van der Waals surface area contributed by atoms with Gasteiger partial charge in [-0.25, -0.2) is 4.79 Å². The summed E-state index contributed by atoms with van der Waals surface area (Å²) >= 11 is 5.68. The number of benzene rings is 2. The largest absolute Gasteiger partial charge is 0.493 e. The zero-order valence-electron chi connectivity index (χ0n) is 15.2. The Bertz CT molecular complexity index is 696. The summed E-state index contributed by atoms with van der Waals surface area (Å²) in [6, 6.07) is 19.4. The zero-order chi connectivity index (χ0) is 19.2. The number of carbonyl (C=O) groups excluding carboxylic acids is 1. The van der Waals surface area contributed by atoms with Crippen molar-refractivity contribution in [1.29, 1.82) is 0 Å². The molecular formula is C19H23ClN2O3Si. The third-order valence-electron chi connectivity index (χ3n) is 4.26. The van der Waals surface area contributed by atoms with Crippen LogP contribution < -0.4 is 10.4 Å². The molecule has 0 aliphatic heterocycles. The van der Waals surface area contributed by atoms with Gasteiger partial charge in [0.1, 0.15) is 0 Å². The first kappa shape index (κ1) is 20.1. The predicted octanol–water partition coefficient (Wildman–Crippen LogP) is 3.91. The summed E-state index contributed by atoms with van der Waals surface area (Å²) in [5.74, 6) is 0.0988. The number of nitrogens with zero attached hydrogens (tertiary/aromatic N) is 2. The number of carbonyl (C=O) groups is 1. The molecule has 0 aliphatic carbocycles. The van der Waals surface area contributed by atoms with E-state index >= 15 is 0 Å².